The number of ether oxygens (including phenoxy) is 1. The summed E-state index contributed by atoms with van der Waals surface area (Å²) in [5, 5.41) is 2.91. The third-order valence-corrected chi connectivity index (χ3v) is 4.49. The van der Waals surface area contributed by atoms with Crippen LogP contribution in [0.3, 0.4) is 0 Å². The van der Waals surface area contributed by atoms with Gasteiger partial charge in [0.05, 0.1) is 13.2 Å². The Morgan fingerprint density at radius 1 is 1.12 bits per heavy atom. The van der Waals surface area contributed by atoms with E-state index in [-0.39, 0.29) is 11.7 Å². The molecule has 1 saturated heterocycles. The Morgan fingerprint density at radius 2 is 1.88 bits per heavy atom. The second kappa shape index (κ2) is 9.27. The number of hydrogen-bond acceptors (Lipinski definition) is 2. The number of quaternary nitrogens is 1. The monoisotopic (exact) mass is 355 g/mol. The van der Waals surface area contributed by atoms with Crippen LogP contribution < -0.4 is 10.2 Å². The summed E-state index contributed by atoms with van der Waals surface area (Å²) in [6.07, 6.45) is 3.05. The zero-order valence-electron chi connectivity index (χ0n) is 14.7. The van der Waals surface area contributed by atoms with Crippen molar-refractivity contribution >= 4 is 12.0 Å². The van der Waals surface area contributed by atoms with Gasteiger partial charge in [-0.1, -0.05) is 36.4 Å². The second-order valence-corrected chi connectivity index (χ2v) is 6.41. The molecule has 0 aliphatic carbocycles. The van der Waals surface area contributed by atoms with Crippen molar-refractivity contribution in [3.05, 3.63) is 77.1 Å². The normalized spacial score (nSPS) is 15.3. The number of rotatable bonds is 6. The van der Waals surface area contributed by atoms with Crippen LogP contribution >= 0.6 is 0 Å². The molecule has 5 heteroatoms. The molecule has 0 spiro atoms. The molecule has 0 atom stereocenters. The molecule has 2 N–H and O–H groups in total. The van der Waals surface area contributed by atoms with E-state index in [2.05, 4.69) is 11.4 Å². The summed E-state index contributed by atoms with van der Waals surface area (Å²) in [5.74, 6) is -0.505. The molecule has 1 heterocycles. The molecule has 0 saturated carbocycles. The van der Waals surface area contributed by atoms with Gasteiger partial charge >= 0.3 is 0 Å². The minimum atomic E-state index is -0.313. The summed E-state index contributed by atoms with van der Waals surface area (Å²) in [6, 6.07) is 14.3. The van der Waals surface area contributed by atoms with Crippen molar-refractivity contribution in [1.82, 2.24) is 5.32 Å². The van der Waals surface area contributed by atoms with Crippen molar-refractivity contribution < 1.29 is 18.8 Å². The third-order valence-electron chi connectivity index (χ3n) is 4.49. The predicted octanol–water partition coefficient (Wildman–Crippen LogP) is 1.57. The van der Waals surface area contributed by atoms with Crippen LogP contribution in [0.15, 0.2) is 54.6 Å². The number of nitrogens with one attached hydrogen (secondary N) is 2. The van der Waals surface area contributed by atoms with E-state index in [4.69, 9.17) is 4.74 Å². The zero-order chi connectivity index (χ0) is 18.2. The SMILES string of the molecule is O=C(/C=C/c1cccc(F)c1)NCc1ccccc1C[NH+]1CCOCC1. The number of morpholine rings is 1. The first-order valence-electron chi connectivity index (χ1n) is 8.90. The van der Waals surface area contributed by atoms with Crippen LogP contribution in [0.5, 0.6) is 0 Å². The molecule has 1 fully saturated rings. The van der Waals surface area contributed by atoms with E-state index in [0.717, 1.165) is 38.4 Å². The van der Waals surface area contributed by atoms with E-state index >= 15 is 0 Å². The molecule has 4 nitrogen and oxygen atoms in total. The van der Waals surface area contributed by atoms with Gasteiger partial charge in [-0.15, -0.1) is 0 Å². The van der Waals surface area contributed by atoms with Gasteiger partial charge in [0, 0.05) is 18.2 Å². The lowest BCUT2D eigenvalue weighted by Crippen LogP contribution is -3.12. The number of carbonyl (C=O) groups is 1. The van der Waals surface area contributed by atoms with Crippen LogP contribution in [0.2, 0.25) is 0 Å². The fraction of sp³-hybridized carbons (Fsp3) is 0.286. The Bertz CT molecular complexity index is 770. The summed E-state index contributed by atoms with van der Waals surface area (Å²) >= 11 is 0. The van der Waals surface area contributed by atoms with Gasteiger partial charge in [-0.2, -0.15) is 0 Å². The van der Waals surface area contributed by atoms with E-state index in [0.29, 0.717) is 12.1 Å². The minimum absolute atomic E-state index is 0.192. The smallest absolute Gasteiger partial charge is 0.244 e. The summed E-state index contributed by atoms with van der Waals surface area (Å²) in [4.78, 5) is 13.6. The standard InChI is InChI=1S/C21H23FN2O2/c22-20-7-3-4-17(14-20)8-9-21(25)23-15-18-5-1-2-6-19(18)16-24-10-12-26-13-11-24/h1-9,14H,10-13,15-16H2,(H,23,25)/p+1/b9-8+. The number of benzene rings is 2. The fourth-order valence-corrected chi connectivity index (χ4v) is 3.03. The maximum Gasteiger partial charge on any atom is 0.244 e. The van der Waals surface area contributed by atoms with E-state index in [1.807, 2.05) is 18.2 Å². The van der Waals surface area contributed by atoms with Crippen molar-refractivity contribution in [2.45, 2.75) is 13.1 Å². The van der Waals surface area contributed by atoms with Gasteiger partial charge in [0.15, 0.2) is 0 Å². The van der Waals surface area contributed by atoms with E-state index in [1.54, 1.807) is 18.2 Å². The van der Waals surface area contributed by atoms with Gasteiger partial charge in [-0.05, 0) is 29.3 Å². The molecular weight excluding hydrogens is 331 g/mol. The highest BCUT2D eigenvalue weighted by atomic mass is 19.1. The van der Waals surface area contributed by atoms with Crippen molar-refractivity contribution in [2.75, 3.05) is 26.3 Å². The largest absolute Gasteiger partial charge is 0.370 e. The molecule has 136 valence electrons. The predicted molar refractivity (Wildman–Crippen MR) is 98.9 cm³/mol. The van der Waals surface area contributed by atoms with Gasteiger partial charge in [-0.25, -0.2) is 4.39 Å². The lowest BCUT2D eigenvalue weighted by atomic mass is 10.1. The third kappa shape index (κ3) is 5.51. The lowest BCUT2D eigenvalue weighted by molar-refractivity contribution is -0.921. The Kier molecular flexibility index (Phi) is 6.52. The maximum atomic E-state index is 13.2. The summed E-state index contributed by atoms with van der Waals surface area (Å²) in [7, 11) is 0. The van der Waals surface area contributed by atoms with Crippen LogP contribution in [0.4, 0.5) is 4.39 Å². The van der Waals surface area contributed by atoms with Gasteiger partial charge in [-0.3, -0.25) is 4.79 Å². The average molecular weight is 355 g/mol. The molecule has 0 unspecified atom stereocenters. The van der Waals surface area contributed by atoms with Crippen LogP contribution in [0.1, 0.15) is 16.7 Å². The van der Waals surface area contributed by atoms with Crippen molar-refractivity contribution in [3.8, 4) is 0 Å². The minimum Gasteiger partial charge on any atom is -0.370 e. The molecule has 3 rings (SSSR count). The van der Waals surface area contributed by atoms with Crippen molar-refractivity contribution in [3.63, 3.8) is 0 Å². The molecule has 1 amide bonds. The van der Waals surface area contributed by atoms with E-state index in [1.165, 1.54) is 28.7 Å². The average Bonchev–Trinajstić information content (AvgIpc) is 2.66. The molecule has 2 aromatic carbocycles. The topological polar surface area (TPSA) is 42.8 Å². The van der Waals surface area contributed by atoms with Gasteiger partial charge in [0.2, 0.25) is 5.91 Å². The number of hydrogen-bond donors (Lipinski definition) is 2. The Morgan fingerprint density at radius 3 is 2.65 bits per heavy atom. The second-order valence-electron chi connectivity index (χ2n) is 6.41. The quantitative estimate of drug-likeness (QED) is 0.773. The van der Waals surface area contributed by atoms with Crippen LogP contribution in [0.25, 0.3) is 6.08 Å². The maximum absolute atomic E-state index is 13.2. The number of halogens is 1. The molecule has 0 radical (unpaired) electrons. The van der Waals surface area contributed by atoms with Gasteiger partial charge < -0.3 is 15.0 Å². The molecule has 1 aliphatic rings. The van der Waals surface area contributed by atoms with Crippen molar-refractivity contribution in [1.29, 1.82) is 0 Å². The van der Waals surface area contributed by atoms with Crippen LogP contribution in [0, 0.1) is 5.82 Å². The zero-order valence-corrected chi connectivity index (χ0v) is 14.7. The summed E-state index contributed by atoms with van der Waals surface area (Å²) < 4.78 is 18.6. The van der Waals surface area contributed by atoms with Crippen LogP contribution in [-0.4, -0.2) is 32.2 Å². The first-order chi connectivity index (χ1) is 12.7. The molecule has 2 aromatic rings. The Hall–Kier alpha value is -2.50. The summed E-state index contributed by atoms with van der Waals surface area (Å²) in [5.41, 5.74) is 3.04. The fourth-order valence-electron chi connectivity index (χ4n) is 3.03. The Balaban J connectivity index is 1.56. The molecule has 26 heavy (non-hydrogen) atoms. The molecule has 1 aliphatic heterocycles. The molecular formula is C21H24FN2O2+. The first kappa shape index (κ1) is 18.3. The highest BCUT2D eigenvalue weighted by molar-refractivity contribution is 5.91. The Labute approximate surface area is 153 Å². The number of carbonyl (C=O) groups excluding carboxylic acids is 1. The van der Waals surface area contributed by atoms with Crippen LogP contribution in [-0.2, 0) is 22.6 Å². The molecule has 0 bridgehead atoms. The number of amides is 1. The summed E-state index contributed by atoms with van der Waals surface area (Å²) in [6.45, 7) is 5.05. The lowest BCUT2D eigenvalue weighted by Gasteiger charge is -2.24. The molecule has 0 aromatic heterocycles. The first-order valence-corrected chi connectivity index (χ1v) is 8.90. The van der Waals surface area contributed by atoms with Gasteiger partial charge in [0.1, 0.15) is 25.5 Å². The van der Waals surface area contributed by atoms with E-state index in [9.17, 15) is 9.18 Å². The highest BCUT2D eigenvalue weighted by Gasteiger charge is 2.15. The van der Waals surface area contributed by atoms with Crippen molar-refractivity contribution in [2.24, 2.45) is 0 Å². The highest BCUT2D eigenvalue weighted by Crippen LogP contribution is 2.08. The van der Waals surface area contributed by atoms with E-state index < -0.39 is 0 Å². The van der Waals surface area contributed by atoms with Gasteiger partial charge in [0.25, 0.3) is 0 Å².